The molecule has 0 bridgehead atoms. The molecule has 2 heterocycles. The second-order valence-electron chi connectivity index (χ2n) is 7.83. The number of hydrogen-bond acceptors (Lipinski definition) is 3. The molecule has 5 aromatic rings. The van der Waals surface area contributed by atoms with Crippen LogP contribution in [0.5, 0.6) is 0 Å². The van der Waals surface area contributed by atoms with Gasteiger partial charge in [0.15, 0.2) is 3.95 Å². The molecule has 0 saturated heterocycles. The van der Waals surface area contributed by atoms with E-state index in [0.717, 1.165) is 28.1 Å². The smallest absolute Gasteiger partial charge is 0.288 e. The predicted molar refractivity (Wildman–Crippen MR) is 129 cm³/mol. The number of nitrogens with zero attached hydrogens (tertiary/aromatic N) is 2. The molecule has 8 heteroatoms. The van der Waals surface area contributed by atoms with Crippen LogP contribution in [0.15, 0.2) is 77.6 Å². The van der Waals surface area contributed by atoms with Crippen LogP contribution in [0.1, 0.15) is 16.7 Å². The molecule has 0 aliphatic heterocycles. The molecule has 0 atom stereocenters. The highest BCUT2D eigenvalue weighted by atomic mass is 32.1. The van der Waals surface area contributed by atoms with Gasteiger partial charge in [0, 0.05) is 0 Å². The molecular formula is C25H17F3N2OS2. The van der Waals surface area contributed by atoms with E-state index in [1.165, 1.54) is 22.0 Å². The largest absolute Gasteiger partial charge is 0.416 e. The third-order valence-corrected chi connectivity index (χ3v) is 6.98. The zero-order chi connectivity index (χ0) is 23.3. The van der Waals surface area contributed by atoms with Gasteiger partial charge < -0.3 is 0 Å². The van der Waals surface area contributed by atoms with Crippen molar-refractivity contribution in [3.63, 3.8) is 0 Å². The van der Waals surface area contributed by atoms with Crippen molar-refractivity contribution in [1.82, 2.24) is 8.97 Å². The van der Waals surface area contributed by atoms with Gasteiger partial charge in [0.25, 0.3) is 5.56 Å². The standard InChI is InChI=1S/C25H17F3N2OS2/c1-15-9-11-17(12-10-15)21-22-29(14-16-5-4-6-18(13-16)25(26,27)28)23(31)19-7-2-3-8-20(19)30(22)24(32)33-21/h2-13H,14H2,1H3. The Bertz CT molecular complexity index is 1630. The van der Waals surface area contributed by atoms with Crippen molar-refractivity contribution >= 4 is 40.1 Å². The summed E-state index contributed by atoms with van der Waals surface area (Å²) in [7, 11) is 0. The van der Waals surface area contributed by atoms with Crippen LogP contribution in [0, 0.1) is 10.9 Å². The molecule has 3 aromatic carbocycles. The lowest BCUT2D eigenvalue weighted by atomic mass is 10.1. The lowest BCUT2D eigenvalue weighted by Gasteiger charge is -2.15. The van der Waals surface area contributed by atoms with Crippen LogP contribution >= 0.6 is 23.6 Å². The minimum Gasteiger partial charge on any atom is -0.288 e. The Labute approximate surface area is 196 Å². The first kappa shape index (κ1) is 21.6. The molecule has 0 radical (unpaired) electrons. The van der Waals surface area contributed by atoms with E-state index in [9.17, 15) is 18.0 Å². The summed E-state index contributed by atoms with van der Waals surface area (Å²) >= 11 is 7.06. The van der Waals surface area contributed by atoms with Crippen molar-refractivity contribution in [2.45, 2.75) is 19.6 Å². The Morgan fingerprint density at radius 1 is 0.970 bits per heavy atom. The number of benzene rings is 3. The van der Waals surface area contributed by atoms with Crippen LogP contribution in [0.25, 0.3) is 27.0 Å². The summed E-state index contributed by atoms with van der Waals surface area (Å²) in [4.78, 5) is 14.4. The highest BCUT2D eigenvalue weighted by molar-refractivity contribution is 7.73. The quantitative estimate of drug-likeness (QED) is 0.257. The van der Waals surface area contributed by atoms with Crippen molar-refractivity contribution in [1.29, 1.82) is 0 Å². The first-order valence-corrected chi connectivity index (χ1v) is 11.4. The minimum atomic E-state index is -4.46. The normalized spacial score (nSPS) is 12.0. The van der Waals surface area contributed by atoms with Crippen molar-refractivity contribution in [2.75, 3.05) is 0 Å². The highest BCUT2D eigenvalue weighted by Gasteiger charge is 2.30. The first-order chi connectivity index (χ1) is 15.7. The molecule has 3 nitrogen and oxygen atoms in total. The van der Waals surface area contributed by atoms with E-state index in [1.807, 2.05) is 47.7 Å². The van der Waals surface area contributed by atoms with Crippen molar-refractivity contribution in [3.05, 3.63) is 104 Å². The third-order valence-electron chi connectivity index (χ3n) is 5.57. The molecule has 33 heavy (non-hydrogen) atoms. The number of hydrogen-bond donors (Lipinski definition) is 0. The molecule has 5 rings (SSSR count). The van der Waals surface area contributed by atoms with Gasteiger partial charge in [0.1, 0.15) is 5.65 Å². The van der Waals surface area contributed by atoms with Crippen LogP contribution in [-0.4, -0.2) is 8.97 Å². The molecule has 2 aromatic heterocycles. The fourth-order valence-corrected chi connectivity index (χ4v) is 5.41. The van der Waals surface area contributed by atoms with Gasteiger partial charge in [-0.1, -0.05) is 54.1 Å². The van der Waals surface area contributed by atoms with E-state index in [1.54, 1.807) is 18.2 Å². The van der Waals surface area contributed by atoms with Crippen LogP contribution in [-0.2, 0) is 12.7 Å². The van der Waals surface area contributed by atoms with E-state index in [-0.39, 0.29) is 12.1 Å². The Morgan fingerprint density at radius 2 is 1.70 bits per heavy atom. The van der Waals surface area contributed by atoms with Gasteiger partial charge in [-0.15, -0.1) is 11.3 Å². The van der Waals surface area contributed by atoms with E-state index < -0.39 is 11.7 Å². The average molecular weight is 483 g/mol. The number of halogens is 3. The number of para-hydroxylation sites is 1. The zero-order valence-corrected chi connectivity index (χ0v) is 19.0. The van der Waals surface area contributed by atoms with Crippen LogP contribution in [0.3, 0.4) is 0 Å². The fourth-order valence-electron chi connectivity index (χ4n) is 3.98. The SMILES string of the molecule is Cc1ccc(-c2sc(=S)n3c4ccccc4c(=O)n(Cc4cccc(C(F)(F)F)c4)c23)cc1. The zero-order valence-electron chi connectivity index (χ0n) is 17.4. The predicted octanol–water partition coefficient (Wildman–Crippen LogP) is 7.09. The van der Waals surface area contributed by atoms with Crippen LogP contribution < -0.4 is 5.56 Å². The second-order valence-corrected chi connectivity index (χ2v) is 9.47. The van der Waals surface area contributed by atoms with E-state index in [2.05, 4.69) is 0 Å². The highest BCUT2D eigenvalue weighted by Crippen LogP contribution is 2.34. The maximum absolute atomic E-state index is 13.6. The minimum absolute atomic E-state index is 0.0124. The summed E-state index contributed by atoms with van der Waals surface area (Å²) in [6, 6.07) is 20.1. The van der Waals surface area contributed by atoms with Gasteiger partial charge in [-0.2, -0.15) is 13.2 Å². The Morgan fingerprint density at radius 3 is 2.42 bits per heavy atom. The van der Waals surface area contributed by atoms with E-state index in [4.69, 9.17) is 12.2 Å². The second kappa shape index (κ2) is 7.97. The average Bonchev–Trinajstić information content (AvgIpc) is 3.14. The maximum Gasteiger partial charge on any atom is 0.416 e. The van der Waals surface area contributed by atoms with Gasteiger partial charge in [0.05, 0.1) is 27.9 Å². The summed E-state index contributed by atoms with van der Waals surface area (Å²) in [5.74, 6) is 0. The van der Waals surface area contributed by atoms with Crippen LogP contribution in [0.2, 0.25) is 0 Å². The summed E-state index contributed by atoms with van der Waals surface area (Å²) in [5, 5.41) is 0.460. The lowest BCUT2D eigenvalue weighted by Crippen LogP contribution is -2.24. The molecular weight excluding hydrogens is 465 g/mol. The van der Waals surface area contributed by atoms with Crippen molar-refractivity contribution < 1.29 is 13.2 Å². The number of aryl methyl sites for hydroxylation is 1. The molecule has 0 N–H and O–H groups in total. The third kappa shape index (κ3) is 3.79. The maximum atomic E-state index is 13.6. The molecule has 0 amide bonds. The van der Waals surface area contributed by atoms with Gasteiger partial charge in [-0.05, 0) is 54.5 Å². The Kier molecular flexibility index (Phi) is 5.22. The number of alkyl halides is 3. The first-order valence-electron chi connectivity index (χ1n) is 10.1. The molecule has 0 fully saturated rings. The number of thiazole rings is 1. The fraction of sp³-hybridized carbons (Fsp3) is 0.120. The molecule has 0 spiro atoms. The molecule has 166 valence electrons. The Hall–Kier alpha value is -3.23. The molecule has 0 aliphatic carbocycles. The van der Waals surface area contributed by atoms with Crippen LogP contribution in [0.4, 0.5) is 13.2 Å². The summed E-state index contributed by atoms with van der Waals surface area (Å²) in [6.45, 7) is 1.97. The topological polar surface area (TPSA) is 26.4 Å². The molecule has 0 aliphatic rings. The molecule has 0 unspecified atom stereocenters. The van der Waals surface area contributed by atoms with Gasteiger partial charge in [-0.3, -0.25) is 13.8 Å². The number of rotatable bonds is 3. The molecule has 0 saturated carbocycles. The lowest BCUT2D eigenvalue weighted by molar-refractivity contribution is -0.137. The van der Waals surface area contributed by atoms with E-state index in [0.29, 0.717) is 26.1 Å². The van der Waals surface area contributed by atoms with Gasteiger partial charge in [0.2, 0.25) is 0 Å². The van der Waals surface area contributed by atoms with Gasteiger partial charge >= 0.3 is 6.18 Å². The summed E-state index contributed by atoms with van der Waals surface area (Å²) in [6.07, 6.45) is -4.46. The number of fused-ring (bicyclic) bond motifs is 3. The summed E-state index contributed by atoms with van der Waals surface area (Å²) in [5.41, 5.74) is 2.61. The summed E-state index contributed by atoms with van der Waals surface area (Å²) < 4.78 is 43.8. The van der Waals surface area contributed by atoms with Crippen molar-refractivity contribution in [2.24, 2.45) is 0 Å². The Balaban J connectivity index is 1.84. The van der Waals surface area contributed by atoms with Crippen molar-refractivity contribution in [3.8, 4) is 10.4 Å². The number of aromatic nitrogens is 2. The monoisotopic (exact) mass is 482 g/mol. The van der Waals surface area contributed by atoms with Gasteiger partial charge in [-0.25, -0.2) is 0 Å². The van der Waals surface area contributed by atoms with E-state index >= 15 is 0 Å².